The molecule has 1 aromatic heterocycles. The molecule has 0 saturated heterocycles. The smallest absolute Gasteiger partial charge is 0.279 e. The largest absolute Gasteiger partial charge is 0.493 e. The highest BCUT2D eigenvalue weighted by molar-refractivity contribution is 5.92. The van der Waals surface area contributed by atoms with Crippen molar-refractivity contribution in [1.82, 2.24) is 9.78 Å². The number of carbonyl (C=O) groups is 1. The van der Waals surface area contributed by atoms with E-state index >= 15 is 0 Å². The quantitative estimate of drug-likeness (QED) is 0.774. The first-order valence-corrected chi connectivity index (χ1v) is 8.18. The van der Waals surface area contributed by atoms with Crippen molar-refractivity contribution in [2.75, 3.05) is 33.1 Å². The van der Waals surface area contributed by atoms with Crippen molar-refractivity contribution >= 4 is 11.6 Å². The molecule has 7 nitrogen and oxygen atoms in total. The molecule has 1 atom stereocenters. The molecule has 2 aromatic rings. The molecule has 1 amide bonds. The molecular formula is C18H27N4O3+. The van der Waals surface area contributed by atoms with E-state index < -0.39 is 0 Å². The van der Waals surface area contributed by atoms with Crippen LogP contribution in [-0.2, 0) is 18.4 Å². The number of aryl methyl sites for hydroxylation is 2. The van der Waals surface area contributed by atoms with Crippen LogP contribution in [0.1, 0.15) is 17.0 Å². The van der Waals surface area contributed by atoms with E-state index in [2.05, 4.69) is 10.4 Å². The lowest BCUT2D eigenvalue weighted by molar-refractivity contribution is -0.885. The first-order valence-electron chi connectivity index (χ1n) is 8.18. The predicted molar refractivity (Wildman–Crippen MR) is 96.3 cm³/mol. The van der Waals surface area contributed by atoms with Gasteiger partial charge in [-0.2, -0.15) is 5.10 Å². The second-order valence-electron chi connectivity index (χ2n) is 6.22. The number of anilines is 1. The molecule has 0 aliphatic heterocycles. The Labute approximate surface area is 148 Å². The Balaban J connectivity index is 1.97. The van der Waals surface area contributed by atoms with Crippen molar-refractivity contribution in [3.8, 4) is 11.5 Å². The highest BCUT2D eigenvalue weighted by atomic mass is 16.5. The third-order valence-electron chi connectivity index (χ3n) is 4.19. The first-order chi connectivity index (χ1) is 11.8. The fraction of sp³-hybridized carbons (Fsp3) is 0.444. The average molecular weight is 347 g/mol. The van der Waals surface area contributed by atoms with Crippen LogP contribution in [0.15, 0.2) is 18.2 Å². The van der Waals surface area contributed by atoms with Crippen LogP contribution in [0, 0.1) is 13.8 Å². The average Bonchev–Trinajstić information content (AvgIpc) is 2.80. The van der Waals surface area contributed by atoms with E-state index in [0.717, 1.165) is 27.5 Å². The Bertz CT molecular complexity index is 755. The van der Waals surface area contributed by atoms with Gasteiger partial charge in [0.25, 0.3) is 5.91 Å². The van der Waals surface area contributed by atoms with E-state index in [9.17, 15) is 4.79 Å². The molecule has 1 heterocycles. The normalized spacial score (nSPS) is 11.9. The summed E-state index contributed by atoms with van der Waals surface area (Å²) in [6.45, 7) is 4.90. The Hall–Kier alpha value is -2.54. The summed E-state index contributed by atoms with van der Waals surface area (Å²) in [5, 5.41) is 7.28. The lowest BCUT2D eigenvalue weighted by atomic mass is 10.2. The molecule has 0 aliphatic rings. The Kier molecular flexibility index (Phi) is 6.03. The molecule has 2 N–H and O–H groups in total. The fourth-order valence-corrected chi connectivity index (χ4v) is 2.81. The highest BCUT2D eigenvalue weighted by Crippen LogP contribution is 2.27. The predicted octanol–water partition coefficient (Wildman–Crippen LogP) is 0.708. The van der Waals surface area contributed by atoms with Gasteiger partial charge in [-0.15, -0.1) is 0 Å². The van der Waals surface area contributed by atoms with Crippen molar-refractivity contribution in [3.05, 3.63) is 35.2 Å². The Morgan fingerprint density at radius 2 is 1.92 bits per heavy atom. The number of nitrogens with one attached hydrogen (secondary N) is 2. The number of methoxy groups -OCH3 is 2. The molecular weight excluding hydrogens is 320 g/mol. The zero-order valence-electron chi connectivity index (χ0n) is 15.8. The van der Waals surface area contributed by atoms with Crippen LogP contribution in [0.4, 0.5) is 5.69 Å². The van der Waals surface area contributed by atoms with Crippen molar-refractivity contribution in [1.29, 1.82) is 0 Å². The van der Waals surface area contributed by atoms with Gasteiger partial charge in [0.1, 0.15) is 6.54 Å². The molecule has 0 spiro atoms. The Morgan fingerprint density at radius 3 is 2.48 bits per heavy atom. The van der Waals surface area contributed by atoms with E-state index in [-0.39, 0.29) is 5.91 Å². The van der Waals surface area contributed by atoms with Gasteiger partial charge in [0, 0.05) is 12.6 Å². The molecule has 2 rings (SSSR count). The number of benzene rings is 1. The van der Waals surface area contributed by atoms with Crippen molar-refractivity contribution < 1.29 is 19.2 Å². The summed E-state index contributed by atoms with van der Waals surface area (Å²) in [7, 11) is 7.08. The minimum absolute atomic E-state index is 0.0304. The minimum Gasteiger partial charge on any atom is -0.493 e. The number of rotatable bonds is 7. The van der Waals surface area contributed by atoms with Gasteiger partial charge < -0.3 is 19.7 Å². The number of likely N-dealkylation sites (N-methyl/N-ethyl adjacent to an activating group) is 1. The standard InChI is InChI=1S/C18H26N4O3/c1-12-18(13(2)22(4)20-12)19-17(23)11-21(3)10-14-7-8-15(24-5)16(9-14)25-6/h7-9H,10-11H2,1-6H3,(H,19,23)/p+1. The second-order valence-corrected chi connectivity index (χ2v) is 6.22. The fourth-order valence-electron chi connectivity index (χ4n) is 2.81. The third kappa shape index (κ3) is 4.51. The summed E-state index contributed by atoms with van der Waals surface area (Å²) < 4.78 is 12.3. The number of ether oxygens (including phenoxy) is 2. The molecule has 1 unspecified atom stereocenters. The summed E-state index contributed by atoms with van der Waals surface area (Å²) in [6, 6.07) is 5.80. The van der Waals surface area contributed by atoms with Crippen LogP contribution >= 0.6 is 0 Å². The zero-order chi connectivity index (χ0) is 18.6. The summed E-state index contributed by atoms with van der Waals surface area (Å²) in [4.78, 5) is 13.4. The molecule has 0 aliphatic carbocycles. The van der Waals surface area contributed by atoms with Crippen LogP contribution in [-0.4, -0.2) is 43.5 Å². The van der Waals surface area contributed by atoms with Crippen molar-refractivity contribution in [3.63, 3.8) is 0 Å². The second kappa shape index (κ2) is 8.02. The molecule has 1 aromatic carbocycles. The van der Waals surface area contributed by atoms with Crippen LogP contribution in [0.25, 0.3) is 0 Å². The molecule has 0 fully saturated rings. The summed E-state index contributed by atoms with van der Waals surface area (Å²) in [6.07, 6.45) is 0. The van der Waals surface area contributed by atoms with Crippen molar-refractivity contribution in [2.45, 2.75) is 20.4 Å². The van der Waals surface area contributed by atoms with Gasteiger partial charge in [0.15, 0.2) is 18.0 Å². The number of aromatic nitrogens is 2. The number of hydrogen-bond acceptors (Lipinski definition) is 4. The van der Waals surface area contributed by atoms with Gasteiger partial charge >= 0.3 is 0 Å². The van der Waals surface area contributed by atoms with Gasteiger partial charge in [-0.3, -0.25) is 9.48 Å². The number of carbonyl (C=O) groups excluding carboxylic acids is 1. The van der Waals surface area contributed by atoms with Gasteiger partial charge in [-0.05, 0) is 32.0 Å². The lowest BCUT2D eigenvalue weighted by Gasteiger charge is -2.15. The lowest BCUT2D eigenvalue weighted by Crippen LogP contribution is -3.08. The summed E-state index contributed by atoms with van der Waals surface area (Å²) >= 11 is 0. The molecule has 25 heavy (non-hydrogen) atoms. The number of amides is 1. The number of hydrogen-bond donors (Lipinski definition) is 2. The summed E-state index contributed by atoms with van der Waals surface area (Å²) in [5.74, 6) is 1.36. The van der Waals surface area contributed by atoms with Crippen LogP contribution in [0.5, 0.6) is 11.5 Å². The van der Waals surface area contributed by atoms with Crippen LogP contribution in [0.2, 0.25) is 0 Å². The maximum absolute atomic E-state index is 12.3. The van der Waals surface area contributed by atoms with E-state index in [1.54, 1.807) is 18.9 Å². The maximum Gasteiger partial charge on any atom is 0.279 e. The molecule has 136 valence electrons. The molecule has 0 bridgehead atoms. The van der Waals surface area contributed by atoms with Gasteiger partial charge in [0.2, 0.25) is 0 Å². The summed E-state index contributed by atoms with van der Waals surface area (Å²) in [5.41, 5.74) is 3.65. The van der Waals surface area contributed by atoms with Crippen LogP contribution < -0.4 is 19.7 Å². The van der Waals surface area contributed by atoms with E-state index in [1.807, 2.05) is 46.1 Å². The maximum atomic E-state index is 12.3. The van der Waals surface area contributed by atoms with Crippen molar-refractivity contribution in [2.24, 2.45) is 7.05 Å². The molecule has 7 heteroatoms. The third-order valence-corrected chi connectivity index (χ3v) is 4.19. The zero-order valence-corrected chi connectivity index (χ0v) is 15.8. The highest BCUT2D eigenvalue weighted by Gasteiger charge is 2.16. The van der Waals surface area contributed by atoms with E-state index in [4.69, 9.17) is 9.47 Å². The SMILES string of the molecule is COc1ccc(C[NH+](C)CC(=O)Nc2c(C)nn(C)c2C)cc1OC. The van der Waals surface area contributed by atoms with E-state index in [0.29, 0.717) is 24.6 Å². The first kappa shape index (κ1) is 18.8. The van der Waals surface area contributed by atoms with Crippen LogP contribution in [0.3, 0.4) is 0 Å². The van der Waals surface area contributed by atoms with Gasteiger partial charge in [-0.1, -0.05) is 0 Å². The minimum atomic E-state index is -0.0304. The number of quaternary nitrogens is 1. The van der Waals surface area contributed by atoms with Gasteiger partial charge in [-0.25, -0.2) is 0 Å². The number of nitrogens with zero attached hydrogens (tertiary/aromatic N) is 2. The molecule has 0 saturated carbocycles. The monoisotopic (exact) mass is 347 g/mol. The Morgan fingerprint density at radius 1 is 1.24 bits per heavy atom. The van der Waals surface area contributed by atoms with E-state index in [1.165, 1.54) is 0 Å². The topological polar surface area (TPSA) is 69.8 Å². The molecule has 0 radical (unpaired) electrons. The van der Waals surface area contributed by atoms with Gasteiger partial charge in [0.05, 0.1) is 38.3 Å².